The molecule has 0 spiro atoms. The lowest BCUT2D eigenvalue weighted by Crippen LogP contribution is -2.46. The van der Waals surface area contributed by atoms with E-state index < -0.39 is 0 Å². The molecule has 2 aromatic rings. The maximum atomic E-state index is 5.10. The van der Waals surface area contributed by atoms with Gasteiger partial charge in [0.2, 0.25) is 0 Å². The Morgan fingerprint density at radius 2 is 2.10 bits per heavy atom. The van der Waals surface area contributed by atoms with Crippen molar-refractivity contribution in [2.24, 2.45) is 0 Å². The van der Waals surface area contributed by atoms with Crippen molar-refractivity contribution in [1.82, 2.24) is 20.0 Å². The number of anilines is 1. The van der Waals surface area contributed by atoms with Gasteiger partial charge in [0.1, 0.15) is 12.4 Å². The van der Waals surface area contributed by atoms with Crippen LogP contribution in [0, 0.1) is 0 Å². The number of methoxy groups -OCH3 is 1. The second-order valence-electron chi connectivity index (χ2n) is 4.99. The SMILES string of the molecule is COCc1nc(CN2CCN(c3ccccn3)CC2)no1. The number of nitrogens with zero attached hydrogens (tertiary/aromatic N) is 5. The molecule has 0 unspecified atom stereocenters. The van der Waals surface area contributed by atoms with Crippen LogP contribution in [0.4, 0.5) is 5.82 Å². The van der Waals surface area contributed by atoms with Crippen LogP contribution in [-0.4, -0.2) is 53.3 Å². The lowest BCUT2D eigenvalue weighted by Gasteiger charge is -2.34. The van der Waals surface area contributed by atoms with E-state index in [4.69, 9.17) is 9.26 Å². The van der Waals surface area contributed by atoms with Crippen molar-refractivity contribution in [3.8, 4) is 0 Å². The van der Waals surface area contributed by atoms with Gasteiger partial charge in [-0.2, -0.15) is 4.98 Å². The van der Waals surface area contributed by atoms with Crippen LogP contribution >= 0.6 is 0 Å². The molecule has 0 aliphatic carbocycles. The summed E-state index contributed by atoms with van der Waals surface area (Å²) < 4.78 is 10.1. The van der Waals surface area contributed by atoms with Gasteiger partial charge in [-0.15, -0.1) is 0 Å². The van der Waals surface area contributed by atoms with Crippen LogP contribution in [-0.2, 0) is 17.9 Å². The summed E-state index contributed by atoms with van der Waals surface area (Å²) in [6.45, 7) is 4.92. The Bertz CT molecular complexity index is 552. The molecule has 3 heterocycles. The highest BCUT2D eigenvalue weighted by Crippen LogP contribution is 2.13. The number of ether oxygens (including phenoxy) is 1. The van der Waals surface area contributed by atoms with Crippen LogP contribution in [0.3, 0.4) is 0 Å². The highest BCUT2D eigenvalue weighted by Gasteiger charge is 2.19. The highest BCUT2D eigenvalue weighted by molar-refractivity contribution is 5.38. The van der Waals surface area contributed by atoms with E-state index in [2.05, 4.69) is 24.9 Å². The van der Waals surface area contributed by atoms with E-state index in [-0.39, 0.29) is 0 Å². The molecule has 7 heteroatoms. The van der Waals surface area contributed by atoms with Crippen LogP contribution in [0.25, 0.3) is 0 Å². The van der Waals surface area contributed by atoms with Gasteiger partial charge >= 0.3 is 0 Å². The first-order chi connectivity index (χ1) is 10.3. The molecule has 112 valence electrons. The predicted octanol–water partition coefficient (Wildman–Crippen LogP) is 0.933. The molecule has 1 saturated heterocycles. The number of piperazine rings is 1. The van der Waals surface area contributed by atoms with Gasteiger partial charge in [0.25, 0.3) is 5.89 Å². The van der Waals surface area contributed by atoms with E-state index in [9.17, 15) is 0 Å². The minimum Gasteiger partial charge on any atom is -0.375 e. The third-order valence-corrected chi connectivity index (χ3v) is 3.49. The van der Waals surface area contributed by atoms with Crippen molar-refractivity contribution < 1.29 is 9.26 Å². The number of aromatic nitrogens is 3. The van der Waals surface area contributed by atoms with Crippen molar-refractivity contribution in [2.45, 2.75) is 13.2 Å². The number of pyridine rings is 1. The van der Waals surface area contributed by atoms with E-state index in [0.29, 0.717) is 24.9 Å². The predicted molar refractivity (Wildman–Crippen MR) is 76.7 cm³/mol. The second-order valence-corrected chi connectivity index (χ2v) is 4.99. The maximum Gasteiger partial charge on any atom is 0.252 e. The molecule has 0 aromatic carbocycles. The minimum atomic E-state index is 0.362. The van der Waals surface area contributed by atoms with Crippen LogP contribution in [0.5, 0.6) is 0 Å². The first kappa shape index (κ1) is 14.0. The molecule has 21 heavy (non-hydrogen) atoms. The molecule has 3 rings (SSSR count). The Kier molecular flexibility index (Phi) is 4.42. The molecule has 0 amide bonds. The van der Waals surface area contributed by atoms with E-state index in [1.165, 1.54) is 0 Å². The number of rotatable bonds is 5. The molecule has 0 saturated carbocycles. The molecular weight excluding hydrogens is 270 g/mol. The Balaban J connectivity index is 1.51. The molecule has 7 nitrogen and oxygen atoms in total. The molecule has 1 fully saturated rings. The summed E-state index contributed by atoms with van der Waals surface area (Å²) in [5.74, 6) is 2.28. The fourth-order valence-corrected chi connectivity index (χ4v) is 2.41. The summed E-state index contributed by atoms with van der Waals surface area (Å²) >= 11 is 0. The zero-order chi connectivity index (χ0) is 14.5. The normalized spacial score (nSPS) is 16.3. The quantitative estimate of drug-likeness (QED) is 0.811. The van der Waals surface area contributed by atoms with Gasteiger partial charge < -0.3 is 14.2 Å². The minimum absolute atomic E-state index is 0.362. The van der Waals surface area contributed by atoms with E-state index in [1.807, 2.05) is 24.4 Å². The largest absolute Gasteiger partial charge is 0.375 e. The van der Waals surface area contributed by atoms with Crippen LogP contribution in [0.2, 0.25) is 0 Å². The first-order valence-electron chi connectivity index (χ1n) is 7.04. The second kappa shape index (κ2) is 6.64. The summed E-state index contributed by atoms with van der Waals surface area (Å²) in [5.41, 5.74) is 0. The van der Waals surface area contributed by atoms with Crippen LogP contribution in [0.1, 0.15) is 11.7 Å². The molecule has 2 aromatic heterocycles. The average Bonchev–Trinajstić information content (AvgIpc) is 2.97. The molecule has 0 radical (unpaired) electrons. The molecule has 0 atom stereocenters. The molecule has 1 aliphatic rings. The molecule has 0 N–H and O–H groups in total. The van der Waals surface area contributed by atoms with Crippen molar-refractivity contribution >= 4 is 5.82 Å². The average molecular weight is 289 g/mol. The Labute approximate surface area is 123 Å². The smallest absolute Gasteiger partial charge is 0.252 e. The standard InChI is InChI=1S/C14H19N5O2/c1-20-11-14-16-12(17-21-14)10-18-6-8-19(9-7-18)13-4-2-3-5-15-13/h2-5H,6-11H2,1H3. The van der Waals surface area contributed by atoms with Gasteiger partial charge in [-0.25, -0.2) is 4.98 Å². The lowest BCUT2D eigenvalue weighted by molar-refractivity contribution is 0.151. The van der Waals surface area contributed by atoms with Gasteiger partial charge in [-0.3, -0.25) is 4.90 Å². The Hall–Kier alpha value is -1.99. The summed E-state index contributed by atoms with van der Waals surface area (Å²) in [6, 6.07) is 6.00. The lowest BCUT2D eigenvalue weighted by atomic mass is 10.3. The van der Waals surface area contributed by atoms with E-state index in [0.717, 1.165) is 32.0 Å². The molecular formula is C14H19N5O2. The first-order valence-corrected chi connectivity index (χ1v) is 7.04. The van der Waals surface area contributed by atoms with Gasteiger partial charge in [0, 0.05) is 39.5 Å². The summed E-state index contributed by atoms with van der Waals surface area (Å²) in [4.78, 5) is 13.3. The topological polar surface area (TPSA) is 67.5 Å². The zero-order valence-electron chi connectivity index (χ0n) is 12.1. The van der Waals surface area contributed by atoms with Crippen molar-refractivity contribution in [2.75, 3.05) is 38.2 Å². The maximum absolute atomic E-state index is 5.10. The fraction of sp³-hybridized carbons (Fsp3) is 0.500. The van der Waals surface area contributed by atoms with Crippen molar-refractivity contribution in [1.29, 1.82) is 0 Å². The third kappa shape index (κ3) is 3.56. The summed E-state index contributed by atoms with van der Waals surface area (Å²) in [7, 11) is 1.61. The third-order valence-electron chi connectivity index (χ3n) is 3.49. The summed E-state index contributed by atoms with van der Waals surface area (Å²) in [5, 5.41) is 3.97. The Morgan fingerprint density at radius 3 is 2.81 bits per heavy atom. The van der Waals surface area contributed by atoms with Crippen molar-refractivity contribution in [3.63, 3.8) is 0 Å². The number of hydrogen-bond donors (Lipinski definition) is 0. The highest BCUT2D eigenvalue weighted by atomic mass is 16.5. The fourth-order valence-electron chi connectivity index (χ4n) is 2.41. The van der Waals surface area contributed by atoms with Gasteiger partial charge in [0.15, 0.2) is 5.82 Å². The van der Waals surface area contributed by atoms with Gasteiger partial charge in [-0.05, 0) is 12.1 Å². The van der Waals surface area contributed by atoms with E-state index >= 15 is 0 Å². The number of hydrogen-bond acceptors (Lipinski definition) is 7. The zero-order valence-corrected chi connectivity index (χ0v) is 12.1. The van der Waals surface area contributed by atoms with Gasteiger partial charge in [0.05, 0.1) is 6.54 Å². The molecule has 0 bridgehead atoms. The summed E-state index contributed by atoms with van der Waals surface area (Å²) in [6.07, 6.45) is 1.83. The van der Waals surface area contributed by atoms with Crippen LogP contribution < -0.4 is 4.90 Å². The van der Waals surface area contributed by atoms with Crippen LogP contribution in [0.15, 0.2) is 28.9 Å². The Morgan fingerprint density at radius 1 is 1.24 bits per heavy atom. The van der Waals surface area contributed by atoms with E-state index in [1.54, 1.807) is 7.11 Å². The molecule has 1 aliphatic heterocycles. The van der Waals surface area contributed by atoms with Crippen molar-refractivity contribution in [3.05, 3.63) is 36.1 Å². The monoisotopic (exact) mass is 289 g/mol. The van der Waals surface area contributed by atoms with Gasteiger partial charge in [-0.1, -0.05) is 11.2 Å².